The van der Waals surface area contributed by atoms with Crippen LogP contribution in [0.4, 0.5) is 0 Å². The average Bonchev–Trinajstić information content (AvgIpc) is 3.42. The van der Waals surface area contributed by atoms with Gasteiger partial charge in [-0.15, -0.1) is 0 Å². The second-order valence-corrected chi connectivity index (χ2v) is 11.7. The van der Waals surface area contributed by atoms with Crippen molar-refractivity contribution in [3.05, 3.63) is 28.8 Å². The summed E-state index contributed by atoms with van der Waals surface area (Å²) >= 11 is 6.14. The maximum absolute atomic E-state index is 12.9. The van der Waals surface area contributed by atoms with Crippen molar-refractivity contribution in [2.75, 3.05) is 19.7 Å². The number of carbonyl (C=O) groups is 2. The first-order valence-electron chi connectivity index (χ1n) is 11.5. The molecule has 9 heteroatoms. The minimum absolute atomic E-state index is 0.00473. The van der Waals surface area contributed by atoms with Crippen LogP contribution >= 0.6 is 11.6 Å². The highest BCUT2D eigenvalue weighted by atomic mass is 35.5. The maximum Gasteiger partial charge on any atom is 0.340 e. The highest BCUT2D eigenvalue weighted by molar-refractivity contribution is 7.89. The van der Waals surface area contributed by atoms with Crippen molar-refractivity contribution >= 4 is 33.5 Å². The van der Waals surface area contributed by atoms with Crippen molar-refractivity contribution in [1.82, 2.24) is 9.62 Å². The van der Waals surface area contributed by atoms with Crippen molar-refractivity contribution in [1.29, 1.82) is 0 Å². The first kappa shape index (κ1) is 23.5. The molecule has 4 atom stereocenters. The van der Waals surface area contributed by atoms with Gasteiger partial charge < -0.3 is 10.1 Å². The largest absolute Gasteiger partial charge is 0.452 e. The van der Waals surface area contributed by atoms with Crippen LogP contribution in [0.2, 0.25) is 5.02 Å². The molecule has 1 aromatic carbocycles. The minimum Gasteiger partial charge on any atom is -0.452 e. The predicted molar refractivity (Wildman–Crippen MR) is 121 cm³/mol. The van der Waals surface area contributed by atoms with Crippen LogP contribution in [0.5, 0.6) is 0 Å². The van der Waals surface area contributed by atoms with Gasteiger partial charge in [-0.05, 0) is 75.0 Å². The Hall–Kier alpha value is -1.64. The van der Waals surface area contributed by atoms with E-state index >= 15 is 0 Å². The number of benzene rings is 1. The summed E-state index contributed by atoms with van der Waals surface area (Å²) in [5.74, 6) is 0.786. The number of carbonyl (C=O) groups excluding carboxylic acids is 2. The normalized spacial score (nSPS) is 26.6. The summed E-state index contributed by atoms with van der Waals surface area (Å²) in [7, 11) is -3.71. The molecule has 1 saturated heterocycles. The molecule has 0 radical (unpaired) electrons. The molecule has 7 nitrogen and oxygen atoms in total. The van der Waals surface area contributed by atoms with E-state index in [9.17, 15) is 18.0 Å². The van der Waals surface area contributed by atoms with Crippen molar-refractivity contribution < 1.29 is 22.7 Å². The number of nitrogens with zero attached hydrogens (tertiary/aromatic N) is 1. The molecular weight excluding hydrogens is 452 g/mol. The SMILES string of the molecule is C[C@@H](NC(=O)COC(=O)c1cc(S(=O)(=O)N2CCCCC2)ccc1Cl)[C@@H]1C[C@H]2CC[C@H]1C2. The molecule has 1 heterocycles. The molecule has 1 aromatic rings. The molecule has 32 heavy (non-hydrogen) atoms. The molecule has 0 spiro atoms. The molecule has 1 aliphatic heterocycles. The van der Waals surface area contributed by atoms with Gasteiger partial charge in [-0.2, -0.15) is 4.31 Å². The third kappa shape index (κ3) is 4.97. The number of fused-ring (bicyclic) bond motifs is 2. The van der Waals surface area contributed by atoms with Gasteiger partial charge in [0, 0.05) is 19.1 Å². The van der Waals surface area contributed by atoms with Crippen LogP contribution in [0, 0.1) is 17.8 Å². The minimum atomic E-state index is -3.71. The van der Waals surface area contributed by atoms with Gasteiger partial charge in [0.25, 0.3) is 5.91 Å². The zero-order valence-corrected chi connectivity index (χ0v) is 20.0. The third-order valence-corrected chi connectivity index (χ3v) is 9.49. The maximum atomic E-state index is 12.9. The van der Waals surface area contributed by atoms with Crippen LogP contribution in [-0.2, 0) is 19.6 Å². The standard InChI is InChI=1S/C23H31ClN2O5S/c1-15(19-12-16-5-6-17(19)11-16)25-22(27)14-31-23(28)20-13-18(7-8-21(20)24)32(29,30)26-9-3-2-4-10-26/h7-8,13,15-17,19H,2-6,9-12,14H2,1H3,(H,25,27)/t15-,16+,17+,19+/m1/s1. The van der Waals surface area contributed by atoms with Crippen LogP contribution in [0.15, 0.2) is 23.1 Å². The van der Waals surface area contributed by atoms with E-state index in [1.807, 2.05) is 6.92 Å². The number of piperidine rings is 1. The molecule has 176 valence electrons. The molecule has 2 saturated carbocycles. The molecule has 4 rings (SSSR count). The van der Waals surface area contributed by atoms with E-state index in [2.05, 4.69) is 5.32 Å². The Bertz CT molecular complexity index is 977. The van der Waals surface area contributed by atoms with Crippen LogP contribution in [0.25, 0.3) is 0 Å². The van der Waals surface area contributed by atoms with E-state index in [-0.39, 0.29) is 27.4 Å². The van der Waals surface area contributed by atoms with Crippen LogP contribution < -0.4 is 5.32 Å². The molecule has 2 bridgehead atoms. The molecule has 1 amide bonds. The van der Waals surface area contributed by atoms with E-state index < -0.39 is 22.6 Å². The average molecular weight is 483 g/mol. The van der Waals surface area contributed by atoms with Crippen LogP contribution in [-0.4, -0.2) is 50.3 Å². The highest BCUT2D eigenvalue weighted by Crippen LogP contribution is 2.49. The lowest BCUT2D eigenvalue weighted by Gasteiger charge is -2.28. The van der Waals surface area contributed by atoms with Crippen molar-refractivity contribution in [2.24, 2.45) is 17.8 Å². The fourth-order valence-electron chi connectivity index (χ4n) is 5.59. The summed E-state index contributed by atoms with van der Waals surface area (Å²) < 4.78 is 32.4. The van der Waals surface area contributed by atoms with Gasteiger partial charge in [0.15, 0.2) is 6.61 Å². The van der Waals surface area contributed by atoms with E-state index in [1.165, 1.54) is 41.8 Å². The van der Waals surface area contributed by atoms with Gasteiger partial charge in [0.2, 0.25) is 10.0 Å². The van der Waals surface area contributed by atoms with Gasteiger partial charge in [-0.3, -0.25) is 4.79 Å². The summed E-state index contributed by atoms with van der Waals surface area (Å²) in [6, 6.07) is 4.06. The second kappa shape index (κ2) is 9.69. The lowest BCUT2D eigenvalue weighted by molar-refractivity contribution is -0.125. The van der Waals surface area contributed by atoms with Crippen LogP contribution in [0.3, 0.4) is 0 Å². The van der Waals surface area contributed by atoms with E-state index in [4.69, 9.17) is 16.3 Å². The van der Waals surface area contributed by atoms with E-state index in [0.717, 1.165) is 31.6 Å². The lowest BCUT2D eigenvalue weighted by atomic mass is 9.84. The topological polar surface area (TPSA) is 92.8 Å². The first-order chi connectivity index (χ1) is 15.3. The number of hydrogen-bond donors (Lipinski definition) is 1. The van der Waals surface area contributed by atoms with E-state index in [0.29, 0.717) is 24.9 Å². The summed E-state index contributed by atoms with van der Waals surface area (Å²) in [6.07, 6.45) is 7.59. The van der Waals surface area contributed by atoms with Gasteiger partial charge in [-0.1, -0.05) is 24.4 Å². The molecule has 1 N–H and O–H groups in total. The Balaban J connectivity index is 1.35. The van der Waals surface area contributed by atoms with E-state index in [1.54, 1.807) is 0 Å². The summed E-state index contributed by atoms with van der Waals surface area (Å²) in [5.41, 5.74) is -0.0568. The Kier molecular flexibility index (Phi) is 7.12. The summed E-state index contributed by atoms with van der Waals surface area (Å²) in [4.78, 5) is 24.9. The number of halogens is 1. The van der Waals surface area contributed by atoms with Gasteiger partial charge >= 0.3 is 5.97 Å². The zero-order valence-electron chi connectivity index (χ0n) is 18.4. The van der Waals surface area contributed by atoms with Crippen molar-refractivity contribution in [3.8, 4) is 0 Å². The Morgan fingerprint density at radius 3 is 2.59 bits per heavy atom. The lowest BCUT2D eigenvalue weighted by Crippen LogP contribution is -2.42. The summed E-state index contributed by atoms with van der Waals surface area (Å²) in [5, 5.41) is 3.04. The molecular formula is C23H31ClN2O5S. The number of rotatable bonds is 7. The van der Waals surface area contributed by atoms with Crippen LogP contribution in [0.1, 0.15) is 62.2 Å². The predicted octanol–water partition coefficient (Wildman–Crippen LogP) is 3.61. The molecule has 3 aliphatic rings. The molecule has 0 aromatic heterocycles. The number of nitrogens with one attached hydrogen (secondary N) is 1. The third-order valence-electron chi connectivity index (χ3n) is 7.27. The van der Waals surface area contributed by atoms with Crippen molar-refractivity contribution in [2.45, 2.75) is 62.8 Å². The second-order valence-electron chi connectivity index (χ2n) is 9.38. The summed E-state index contributed by atoms with van der Waals surface area (Å²) in [6.45, 7) is 2.51. The van der Waals surface area contributed by atoms with Gasteiger partial charge in [-0.25, -0.2) is 13.2 Å². The first-order valence-corrected chi connectivity index (χ1v) is 13.3. The quantitative estimate of drug-likeness (QED) is 0.599. The van der Waals surface area contributed by atoms with Crippen molar-refractivity contribution in [3.63, 3.8) is 0 Å². The number of sulfonamides is 1. The van der Waals surface area contributed by atoms with Gasteiger partial charge in [0.05, 0.1) is 15.5 Å². The van der Waals surface area contributed by atoms with Gasteiger partial charge in [0.1, 0.15) is 0 Å². The molecule has 0 unspecified atom stereocenters. The monoisotopic (exact) mass is 482 g/mol. The smallest absolute Gasteiger partial charge is 0.340 e. The fourth-order valence-corrected chi connectivity index (χ4v) is 7.33. The number of amides is 1. The highest BCUT2D eigenvalue weighted by Gasteiger charge is 2.42. The number of esters is 1. The Labute approximate surface area is 194 Å². The molecule has 3 fully saturated rings. The Morgan fingerprint density at radius 2 is 1.94 bits per heavy atom. The zero-order chi connectivity index (χ0) is 22.9. The number of ether oxygens (including phenoxy) is 1. The Morgan fingerprint density at radius 1 is 1.19 bits per heavy atom. The molecule has 2 aliphatic carbocycles. The number of hydrogen-bond acceptors (Lipinski definition) is 5. The fraction of sp³-hybridized carbons (Fsp3) is 0.652.